The number of nitrogens with one attached hydrogen (secondary N) is 1. The van der Waals surface area contributed by atoms with Crippen LogP contribution in [0.1, 0.15) is 34.6 Å². The molecule has 0 atom stereocenters. The Kier molecular flexibility index (Phi) is 4.88. The fourth-order valence-electron chi connectivity index (χ4n) is 3.35. The van der Waals surface area contributed by atoms with Gasteiger partial charge in [0.25, 0.3) is 5.91 Å². The van der Waals surface area contributed by atoms with Gasteiger partial charge >= 0.3 is 0 Å². The Balaban J connectivity index is 1.60. The molecule has 1 fully saturated rings. The first-order valence-corrected chi connectivity index (χ1v) is 8.62. The van der Waals surface area contributed by atoms with Crippen molar-refractivity contribution in [3.8, 4) is 0 Å². The minimum absolute atomic E-state index is 0.0185. The molecule has 0 spiro atoms. The van der Waals surface area contributed by atoms with Gasteiger partial charge in [-0.15, -0.1) is 0 Å². The predicted octanol–water partition coefficient (Wildman–Crippen LogP) is 2.53. The van der Waals surface area contributed by atoms with E-state index in [-0.39, 0.29) is 17.7 Å². The van der Waals surface area contributed by atoms with E-state index in [4.69, 9.17) is 0 Å². The lowest BCUT2D eigenvalue weighted by molar-refractivity contribution is -0.121. The summed E-state index contributed by atoms with van der Waals surface area (Å²) >= 11 is 0. The van der Waals surface area contributed by atoms with Crippen LogP contribution in [0.3, 0.4) is 0 Å². The van der Waals surface area contributed by atoms with E-state index in [1.807, 2.05) is 56.1 Å². The number of amides is 2. The van der Waals surface area contributed by atoms with Crippen molar-refractivity contribution in [3.63, 3.8) is 0 Å². The Labute approximate surface area is 147 Å². The number of anilines is 1. The van der Waals surface area contributed by atoms with Crippen LogP contribution in [0.25, 0.3) is 0 Å². The summed E-state index contributed by atoms with van der Waals surface area (Å²) in [5.41, 5.74) is 3.14. The zero-order valence-electron chi connectivity index (χ0n) is 15.0. The van der Waals surface area contributed by atoms with Crippen molar-refractivity contribution in [3.05, 3.63) is 47.3 Å². The van der Waals surface area contributed by atoms with Crippen LogP contribution < -0.4 is 5.32 Å². The number of nitrogens with zero attached hydrogens (tertiary/aromatic N) is 3. The highest BCUT2D eigenvalue weighted by molar-refractivity contribution is 5.97. The maximum Gasteiger partial charge on any atom is 0.257 e. The second-order valence-electron chi connectivity index (χ2n) is 6.59. The van der Waals surface area contributed by atoms with Gasteiger partial charge in [0.15, 0.2) is 0 Å². The van der Waals surface area contributed by atoms with Gasteiger partial charge in [-0.3, -0.25) is 14.3 Å². The van der Waals surface area contributed by atoms with Gasteiger partial charge in [0.1, 0.15) is 0 Å². The number of likely N-dealkylation sites (tertiary alicyclic amines) is 1. The van der Waals surface area contributed by atoms with Gasteiger partial charge in [-0.2, -0.15) is 5.10 Å². The lowest BCUT2D eigenvalue weighted by atomic mass is 9.95. The summed E-state index contributed by atoms with van der Waals surface area (Å²) in [5, 5.41) is 7.27. The lowest BCUT2D eigenvalue weighted by Gasteiger charge is -2.31. The normalized spacial score (nSPS) is 15.2. The van der Waals surface area contributed by atoms with Crippen LogP contribution in [0.15, 0.2) is 30.3 Å². The number of benzene rings is 1. The SMILES string of the molecule is Cc1nn(C)c(C)c1C(=O)N1CCC(C(=O)Nc2ccccc2)CC1. The summed E-state index contributed by atoms with van der Waals surface area (Å²) in [4.78, 5) is 27.0. The molecule has 0 saturated carbocycles. The molecule has 132 valence electrons. The first-order chi connectivity index (χ1) is 12.0. The fourth-order valence-corrected chi connectivity index (χ4v) is 3.35. The van der Waals surface area contributed by atoms with E-state index < -0.39 is 0 Å². The number of rotatable bonds is 3. The summed E-state index contributed by atoms with van der Waals surface area (Å²) in [5.74, 6) is -0.00240. The number of aromatic nitrogens is 2. The first-order valence-electron chi connectivity index (χ1n) is 8.62. The van der Waals surface area contributed by atoms with Crippen LogP contribution in [-0.4, -0.2) is 39.6 Å². The Bertz CT molecular complexity index is 774. The summed E-state index contributed by atoms with van der Waals surface area (Å²) in [6.07, 6.45) is 1.37. The molecule has 6 heteroatoms. The van der Waals surface area contributed by atoms with Gasteiger partial charge in [-0.1, -0.05) is 18.2 Å². The highest BCUT2D eigenvalue weighted by Crippen LogP contribution is 2.23. The molecular formula is C19H24N4O2. The summed E-state index contributed by atoms with van der Waals surface area (Å²) in [6.45, 7) is 4.96. The number of aryl methyl sites for hydroxylation is 2. The topological polar surface area (TPSA) is 67.2 Å². The van der Waals surface area contributed by atoms with Crippen LogP contribution in [0, 0.1) is 19.8 Å². The third-order valence-electron chi connectivity index (χ3n) is 4.92. The van der Waals surface area contributed by atoms with E-state index in [9.17, 15) is 9.59 Å². The zero-order valence-corrected chi connectivity index (χ0v) is 15.0. The molecule has 3 rings (SSSR count). The molecule has 2 amide bonds. The van der Waals surface area contributed by atoms with Gasteiger partial charge in [-0.05, 0) is 38.8 Å². The number of carbonyl (C=O) groups excluding carboxylic acids is 2. The standard InChI is InChI=1S/C19H24N4O2/c1-13-17(14(2)22(3)21-13)19(25)23-11-9-15(10-12-23)18(24)20-16-7-5-4-6-8-16/h4-8,15H,9-12H2,1-3H3,(H,20,24). The molecule has 0 radical (unpaired) electrons. The van der Waals surface area contributed by atoms with Crippen molar-refractivity contribution in [2.75, 3.05) is 18.4 Å². The third kappa shape index (κ3) is 3.57. The minimum Gasteiger partial charge on any atom is -0.338 e. The maximum atomic E-state index is 12.8. The predicted molar refractivity (Wildman–Crippen MR) is 96.4 cm³/mol. The molecular weight excluding hydrogens is 316 g/mol. The van der Waals surface area contributed by atoms with Crippen LogP contribution in [0.2, 0.25) is 0 Å². The summed E-state index contributed by atoms with van der Waals surface area (Å²) in [7, 11) is 1.85. The Morgan fingerprint density at radius 1 is 1.12 bits per heavy atom. The minimum atomic E-state index is -0.0552. The Morgan fingerprint density at radius 2 is 1.76 bits per heavy atom. The van der Waals surface area contributed by atoms with Crippen molar-refractivity contribution < 1.29 is 9.59 Å². The van der Waals surface area contributed by atoms with E-state index in [0.717, 1.165) is 17.1 Å². The monoisotopic (exact) mass is 340 g/mol. The maximum absolute atomic E-state index is 12.8. The Morgan fingerprint density at radius 3 is 2.32 bits per heavy atom. The zero-order chi connectivity index (χ0) is 18.0. The first kappa shape index (κ1) is 17.2. The molecule has 2 heterocycles. The molecule has 0 bridgehead atoms. The van der Waals surface area contributed by atoms with Gasteiger partial charge in [-0.25, -0.2) is 0 Å². The van der Waals surface area contributed by atoms with Gasteiger partial charge < -0.3 is 10.2 Å². The number of para-hydroxylation sites is 1. The van der Waals surface area contributed by atoms with E-state index in [1.165, 1.54) is 0 Å². The van der Waals surface area contributed by atoms with Crippen molar-refractivity contribution in [1.29, 1.82) is 0 Å². The van der Waals surface area contributed by atoms with Crippen molar-refractivity contribution in [1.82, 2.24) is 14.7 Å². The highest BCUT2D eigenvalue weighted by Gasteiger charge is 2.30. The quantitative estimate of drug-likeness (QED) is 0.934. The number of hydrogen-bond donors (Lipinski definition) is 1. The molecule has 1 aliphatic heterocycles. The molecule has 1 aromatic heterocycles. The van der Waals surface area contributed by atoms with E-state index in [0.29, 0.717) is 31.5 Å². The molecule has 25 heavy (non-hydrogen) atoms. The molecule has 1 saturated heterocycles. The van der Waals surface area contributed by atoms with Crippen molar-refractivity contribution in [2.45, 2.75) is 26.7 Å². The molecule has 1 aliphatic rings. The van der Waals surface area contributed by atoms with Gasteiger partial charge in [0, 0.05) is 37.4 Å². The van der Waals surface area contributed by atoms with Crippen molar-refractivity contribution >= 4 is 17.5 Å². The summed E-state index contributed by atoms with van der Waals surface area (Å²) in [6, 6.07) is 9.47. The Hall–Kier alpha value is -2.63. The molecule has 0 aliphatic carbocycles. The molecule has 6 nitrogen and oxygen atoms in total. The fraction of sp³-hybridized carbons (Fsp3) is 0.421. The van der Waals surface area contributed by atoms with Gasteiger partial charge in [0.05, 0.1) is 11.3 Å². The molecule has 1 aromatic carbocycles. The average molecular weight is 340 g/mol. The smallest absolute Gasteiger partial charge is 0.257 e. The number of carbonyl (C=O) groups is 2. The van der Waals surface area contributed by atoms with Crippen molar-refractivity contribution in [2.24, 2.45) is 13.0 Å². The van der Waals surface area contributed by atoms with Crippen LogP contribution in [-0.2, 0) is 11.8 Å². The number of piperidine rings is 1. The van der Waals surface area contributed by atoms with Crippen LogP contribution >= 0.6 is 0 Å². The lowest BCUT2D eigenvalue weighted by Crippen LogP contribution is -2.41. The average Bonchev–Trinajstić information content (AvgIpc) is 2.87. The highest BCUT2D eigenvalue weighted by atomic mass is 16.2. The van der Waals surface area contributed by atoms with E-state index in [2.05, 4.69) is 10.4 Å². The molecule has 0 unspecified atom stereocenters. The second-order valence-corrected chi connectivity index (χ2v) is 6.59. The second kappa shape index (κ2) is 7.09. The molecule has 2 aromatic rings. The number of hydrogen-bond acceptors (Lipinski definition) is 3. The van der Waals surface area contributed by atoms with Gasteiger partial charge in [0.2, 0.25) is 5.91 Å². The molecule has 1 N–H and O–H groups in total. The van der Waals surface area contributed by atoms with E-state index >= 15 is 0 Å². The van der Waals surface area contributed by atoms with Crippen LogP contribution in [0.5, 0.6) is 0 Å². The third-order valence-corrected chi connectivity index (χ3v) is 4.92. The van der Waals surface area contributed by atoms with E-state index in [1.54, 1.807) is 4.68 Å². The summed E-state index contributed by atoms with van der Waals surface area (Å²) < 4.78 is 1.74. The largest absolute Gasteiger partial charge is 0.338 e. The van der Waals surface area contributed by atoms with Crippen LogP contribution in [0.4, 0.5) is 5.69 Å².